The Balaban J connectivity index is 2.25. The first-order valence-electron chi connectivity index (χ1n) is 5.95. The number of nitrogens with two attached hydrogens (primary N) is 1. The van der Waals surface area contributed by atoms with Crippen LogP contribution >= 0.6 is 0 Å². The number of aliphatic carboxylic acids is 1. The van der Waals surface area contributed by atoms with Crippen LogP contribution in [-0.4, -0.2) is 26.8 Å². The highest BCUT2D eigenvalue weighted by Gasteiger charge is 2.25. The highest BCUT2D eigenvalue weighted by Crippen LogP contribution is 2.16. The number of hydrogen-bond acceptors (Lipinski definition) is 4. The summed E-state index contributed by atoms with van der Waals surface area (Å²) in [7, 11) is 1.61. The first-order valence-corrected chi connectivity index (χ1v) is 5.95. The summed E-state index contributed by atoms with van der Waals surface area (Å²) < 4.78 is 15.1. The Labute approximate surface area is 119 Å². The molecular weight excluding hydrogens is 279 g/mol. The van der Waals surface area contributed by atoms with Crippen LogP contribution in [0.15, 0.2) is 30.6 Å². The number of carboxylic acids is 1. The molecule has 1 aromatic heterocycles. The number of carbonyl (C=O) groups is 2. The van der Waals surface area contributed by atoms with E-state index in [1.807, 2.05) is 0 Å². The number of aromatic nitrogens is 2. The number of benzene rings is 1. The van der Waals surface area contributed by atoms with Gasteiger partial charge in [-0.3, -0.25) is 9.48 Å². The summed E-state index contributed by atoms with van der Waals surface area (Å²) in [6.45, 7) is 0. The van der Waals surface area contributed by atoms with E-state index in [-0.39, 0.29) is 16.8 Å². The Morgan fingerprint density at radius 2 is 2.19 bits per heavy atom. The molecule has 0 saturated heterocycles. The van der Waals surface area contributed by atoms with Crippen molar-refractivity contribution < 1.29 is 19.1 Å². The molecule has 7 nitrogen and oxygen atoms in total. The van der Waals surface area contributed by atoms with E-state index in [0.717, 1.165) is 6.07 Å². The van der Waals surface area contributed by atoms with E-state index in [1.54, 1.807) is 7.05 Å². The van der Waals surface area contributed by atoms with Gasteiger partial charge in [0.25, 0.3) is 5.91 Å². The smallest absolute Gasteiger partial charge is 0.331 e. The number of carboxylic acid groups (broad SMARTS) is 1. The summed E-state index contributed by atoms with van der Waals surface area (Å²) in [5.41, 5.74) is 5.57. The van der Waals surface area contributed by atoms with E-state index in [9.17, 15) is 19.1 Å². The molecule has 1 atom stereocenters. The number of nitrogen functional groups attached to an aromatic ring is 1. The number of nitrogens with one attached hydrogen (secondary N) is 1. The van der Waals surface area contributed by atoms with Crippen LogP contribution in [0.25, 0.3) is 0 Å². The Bertz CT molecular complexity index is 698. The predicted molar refractivity (Wildman–Crippen MR) is 71.9 cm³/mol. The van der Waals surface area contributed by atoms with E-state index in [0.29, 0.717) is 0 Å². The molecule has 2 aromatic rings. The van der Waals surface area contributed by atoms with Gasteiger partial charge in [0.1, 0.15) is 5.82 Å². The zero-order valence-corrected chi connectivity index (χ0v) is 11.1. The zero-order valence-electron chi connectivity index (χ0n) is 11.1. The quantitative estimate of drug-likeness (QED) is 0.718. The van der Waals surface area contributed by atoms with E-state index < -0.39 is 23.7 Å². The van der Waals surface area contributed by atoms with Crippen molar-refractivity contribution in [3.63, 3.8) is 0 Å². The molecule has 0 spiro atoms. The number of rotatable bonds is 4. The largest absolute Gasteiger partial charge is 0.479 e. The number of anilines is 1. The molecule has 1 amide bonds. The van der Waals surface area contributed by atoms with Crippen LogP contribution in [0.2, 0.25) is 0 Å². The molecule has 0 saturated carbocycles. The molecule has 0 aliphatic carbocycles. The fourth-order valence-corrected chi connectivity index (χ4v) is 1.80. The Hall–Kier alpha value is -2.90. The van der Waals surface area contributed by atoms with E-state index in [4.69, 9.17) is 5.73 Å². The second kappa shape index (κ2) is 5.61. The molecule has 0 aliphatic rings. The molecule has 2 rings (SSSR count). The molecule has 1 unspecified atom stereocenters. The molecular formula is C13H13FN4O3. The minimum atomic E-state index is -1.32. The van der Waals surface area contributed by atoms with Crippen LogP contribution in [0.3, 0.4) is 0 Å². The summed E-state index contributed by atoms with van der Waals surface area (Å²) in [6.07, 6.45) is 2.77. The molecule has 110 valence electrons. The van der Waals surface area contributed by atoms with E-state index >= 15 is 0 Å². The number of hydrogen-bond donors (Lipinski definition) is 3. The second-order valence-corrected chi connectivity index (χ2v) is 4.43. The summed E-state index contributed by atoms with van der Waals surface area (Å²) in [4.78, 5) is 23.2. The lowest BCUT2D eigenvalue weighted by Crippen LogP contribution is -2.34. The van der Waals surface area contributed by atoms with Gasteiger partial charge in [-0.25, -0.2) is 9.18 Å². The predicted octanol–water partition coefficient (Wildman–Crippen LogP) is 0.697. The van der Waals surface area contributed by atoms with Gasteiger partial charge < -0.3 is 16.2 Å². The van der Waals surface area contributed by atoms with Gasteiger partial charge in [-0.05, 0) is 18.2 Å². The van der Waals surface area contributed by atoms with Crippen LogP contribution in [0, 0.1) is 5.82 Å². The zero-order chi connectivity index (χ0) is 15.6. The van der Waals surface area contributed by atoms with Gasteiger partial charge >= 0.3 is 5.97 Å². The average molecular weight is 292 g/mol. The summed E-state index contributed by atoms with van der Waals surface area (Å²) in [6, 6.07) is 2.23. The van der Waals surface area contributed by atoms with Gasteiger partial charge in [0.05, 0.1) is 11.8 Å². The first kappa shape index (κ1) is 14.5. The Morgan fingerprint density at radius 1 is 1.48 bits per heavy atom. The van der Waals surface area contributed by atoms with Gasteiger partial charge in [0.2, 0.25) is 0 Å². The lowest BCUT2D eigenvalue weighted by atomic mass is 10.1. The summed E-state index contributed by atoms with van der Waals surface area (Å²) in [5, 5.41) is 15.3. The van der Waals surface area contributed by atoms with E-state index in [2.05, 4.69) is 10.4 Å². The van der Waals surface area contributed by atoms with Crippen molar-refractivity contribution in [2.24, 2.45) is 7.05 Å². The topological polar surface area (TPSA) is 110 Å². The molecule has 0 bridgehead atoms. The fraction of sp³-hybridized carbons (Fsp3) is 0.154. The average Bonchev–Trinajstić information content (AvgIpc) is 2.81. The highest BCUT2D eigenvalue weighted by atomic mass is 19.1. The lowest BCUT2D eigenvalue weighted by Gasteiger charge is -2.13. The van der Waals surface area contributed by atoms with Gasteiger partial charge in [0.15, 0.2) is 6.04 Å². The maximum absolute atomic E-state index is 13.7. The highest BCUT2D eigenvalue weighted by molar-refractivity contribution is 5.97. The molecule has 1 aromatic carbocycles. The minimum absolute atomic E-state index is 0.172. The summed E-state index contributed by atoms with van der Waals surface area (Å²) >= 11 is 0. The Morgan fingerprint density at radius 3 is 2.71 bits per heavy atom. The van der Waals surface area contributed by atoms with Crippen LogP contribution in [0.5, 0.6) is 0 Å². The number of halogens is 1. The Kier molecular flexibility index (Phi) is 3.88. The standard InChI is InChI=1S/C13H13FN4O3/c1-18-6-7(5-16-18)11(13(20)21)17-12(19)9-3-2-8(15)4-10(9)14/h2-6,11H,15H2,1H3,(H,17,19)(H,20,21). The normalized spacial score (nSPS) is 11.9. The third-order valence-corrected chi connectivity index (χ3v) is 2.82. The number of carbonyl (C=O) groups excluding carboxylic acids is 1. The molecule has 21 heavy (non-hydrogen) atoms. The monoisotopic (exact) mass is 292 g/mol. The summed E-state index contributed by atoms with van der Waals surface area (Å²) in [5.74, 6) is -2.93. The van der Waals surface area contributed by atoms with Crippen molar-refractivity contribution in [2.45, 2.75) is 6.04 Å². The second-order valence-electron chi connectivity index (χ2n) is 4.43. The van der Waals surface area contributed by atoms with Gasteiger partial charge in [-0.15, -0.1) is 0 Å². The van der Waals surface area contributed by atoms with Crippen LogP contribution < -0.4 is 11.1 Å². The minimum Gasteiger partial charge on any atom is -0.479 e. The third kappa shape index (κ3) is 3.16. The lowest BCUT2D eigenvalue weighted by molar-refractivity contribution is -0.139. The van der Waals surface area contributed by atoms with Crippen LogP contribution in [0.4, 0.5) is 10.1 Å². The van der Waals surface area contributed by atoms with Crippen molar-refractivity contribution in [3.8, 4) is 0 Å². The maximum Gasteiger partial charge on any atom is 0.331 e. The van der Waals surface area contributed by atoms with Crippen molar-refractivity contribution in [3.05, 3.63) is 47.5 Å². The molecule has 1 heterocycles. The third-order valence-electron chi connectivity index (χ3n) is 2.82. The molecule has 0 radical (unpaired) electrons. The van der Waals surface area contributed by atoms with Crippen LogP contribution in [-0.2, 0) is 11.8 Å². The molecule has 4 N–H and O–H groups in total. The van der Waals surface area contributed by atoms with Gasteiger partial charge in [0, 0.05) is 24.5 Å². The van der Waals surface area contributed by atoms with Crippen molar-refractivity contribution in [1.82, 2.24) is 15.1 Å². The van der Waals surface area contributed by atoms with Crippen molar-refractivity contribution >= 4 is 17.6 Å². The van der Waals surface area contributed by atoms with Crippen LogP contribution in [0.1, 0.15) is 22.0 Å². The molecule has 0 fully saturated rings. The fourth-order valence-electron chi connectivity index (χ4n) is 1.80. The maximum atomic E-state index is 13.7. The molecule has 8 heteroatoms. The molecule has 0 aliphatic heterocycles. The number of nitrogens with zero attached hydrogens (tertiary/aromatic N) is 2. The first-order chi connectivity index (χ1) is 9.88. The van der Waals surface area contributed by atoms with Gasteiger partial charge in [-0.1, -0.05) is 0 Å². The van der Waals surface area contributed by atoms with Gasteiger partial charge in [-0.2, -0.15) is 5.10 Å². The number of aryl methyl sites for hydroxylation is 1. The SMILES string of the molecule is Cn1cc(C(NC(=O)c2ccc(N)cc2F)C(=O)O)cn1. The van der Waals surface area contributed by atoms with E-state index in [1.165, 1.54) is 29.2 Å². The van der Waals surface area contributed by atoms with Crippen molar-refractivity contribution in [2.75, 3.05) is 5.73 Å². The number of amides is 1. The van der Waals surface area contributed by atoms with Crippen molar-refractivity contribution in [1.29, 1.82) is 0 Å².